The van der Waals surface area contributed by atoms with Crippen LogP contribution >= 0.6 is 0 Å². The number of anilines is 1. The fourth-order valence-corrected chi connectivity index (χ4v) is 1.81. The molecule has 2 rings (SSSR count). The quantitative estimate of drug-likeness (QED) is 0.749. The Hall–Kier alpha value is -2.02. The van der Waals surface area contributed by atoms with Crippen LogP contribution in [0.2, 0.25) is 0 Å². The maximum absolute atomic E-state index is 4.10. The van der Waals surface area contributed by atoms with Gasteiger partial charge in [-0.25, -0.2) is 0 Å². The molecule has 2 aromatic rings. The second-order valence-electron chi connectivity index (χ2n) is 4.77. The molecule has 1 N–H and O–H groups in total. The summed E-state index contributed by atoms with van der Waals surface area (Å²) in [5.41, 5.74) is 7.00. The first-order valence-electron chi connectivity index (χ1n) is 7.16. The molecule has 0 bridgehead atoms. The van der Waals surface area contributed by atoms with E-state index in [2.05, 4.69) is 75.1 Å². The monoisotopic (exact) mass is 267 g/mol. The normalized spacial score (nSPS) is 9.45. The van der Waals surface area contributed by atoms with E-state index in [0.717, 1.165) is 16.9 Å². The SMILES string of the molecule is C=C(Nc1ccc(C)cc1)c1ccc(C)c(C)c1.CC. The Labute approximate surface area is 123 Å². The summed E-state index contributed by atoms with van der Waals surface area (Å²) in [5, 5.41) is 3.34. The molecule has 0 fully saturated rings. The number of rotatable bonds is 3. The van der Waals surface area contributed by atoms with Crippen LogP contribution in [0.1, 0.15) is 36.1 Å². The fraction of sp³-hybridized carbons (Fsp3) is 0.263. The van der Waals surface area contributed by atoms with Crippen LogP contribution in [0.5, 0.6) is 0 Å². The van der Waals surface area contributed by atoms with Gasteiger partial charge in [0.25, 0.3) is 0 Å². The molecule has 0 aliphatic carbocycles. The van der Waals surface area contributed by atoms with Crippen molar-refractivity contribution in [2.45, 2.75) is 34.6 Å². The Morgan fingerprint density at radius 3 is 2.00 bits per heavy atom. The van der Waals surface area contributed by atoms with Crippen LogP contribution in [0.25, 0.3) is 5.70 Å². The van der Waals surface area contributed by atoms with Gasteiger partial charge >= 0.3 is 0 Å². The predicted molar refractivity (Wildman–Crippen MR) is 91.1 cm³/mol. The number of benzene rings is 2. The molecule has 0 spiro atoms. The van der Waals surface area contributed by atoms with E-state index >= 15 is 0 Å². The predicted octanol–water partition coefficient (Wildman–Crippen LogP) is 5.72. The highest BCUT2D eigenvalue weighted by Gasteiger charge is 2.01. The summed E-state index contributed by atoms with van der Waals surface area (Å²) in [6.45, 7) is 14.4. The Bertz CT molecular complexity index is 565. The molecule has 0 amide bonds. The summed E-state index contributed by atoms with van der Waals surface area (Å²) < 4.78 is 0. The Morgan fingerprint density at radius 2 is 1.45 bits per heavy atom. The van der Waals surface area contributed by atoms with Crippen molar-refractivity contribution in [1.82, 2.24) is 0 Å². The molecular formula is C19H25N. The van der Waals surface area contributed by atoms with Crippen LogP contribution < -0.4 is 5.32 Å². The lowest BCUT2D eigenvalue weighted by Crippen LogP contribution is -1.98. The van der Waals surface area contributed by atoms with Gasteiger partial charge in [0.1, 0.15) is 0 Å². The zero-order valence-corrected chi connectivity index (χ0v) is 13.2. The third kappa shape index (κ3) is 4.27. The third-order valence-corrected chi connectivity index (χ3v) is 3.20. The largest absolute Gasteiger partial charge is 0.356 e. The van der Waals surface area contributed by atoms with Crippen LogP contribution in [0.4, 0.5) is 5.69 Å². The molecule has 0 atom stereocenters. The van der Waals surface area contributed by atoms with Gasteiger partial charge in [-0.3, -0.25) is 0 Å². The minimum Gasteiger partial charge on any atom is -0.356 e. The van der Waals surface area contributed by atoms with Gasteiger partial charge in [-0.15, -0.1) is 0 Å². The van der Waals surface area contributed by atoms with Gasteiger partial charge in [-0.05, 0) is 55.7 Å². The fourth-order valence-electron chi connectivity index (χ4n) is 1.81. The topological polar surface area (TPSA) is 12.0 Å². The van der Waals surface area contributed by atoms with E-state index < -0.39 is 0 Å². The first-order valence-corrected chi connectivity index (χ1v) is 7.16. The highest BCUT2D eigenvalue weighted by molar-refractivity contribution is 5.75. The Kier molecular flexibility index (Phi) is 6.05. The number of aryl methyl sites for hydroxylation is 3. The summed E-state index contributed by atoms with van der Waals surface area (Å²) in [4.78, 5) is 0. The van der Waals surface area contributed by atoms with E-state index in [-0.39, 0.29) is 0 Å². The lowest BCUT2D eigenvalue weighted by Gasteiger charge is -2.11. The smallest absolute Gasteiger partial charge is 0.0384 e. The summed E-state index contributed by atoms with van der Waals surface area (Å²) in [6, 6.07) is 14.7. The zero-order chi connectivity index (χ0) is 15.1. The molecule has 0 saturated carbocycles. The van der Waals surface area contributed by atoms with E-state index in [9.17, 15) is 0 Å². The van der Waals surface area contributed by atoms with Crippen LogP contribution in [0, 0.1) is 20.8 Å². The van der Waals surface area contributed by atoms with E-state index in [1.54, 1.807) is 0 Å². The molecule has 0 heterocycles. The van der Waals surface area contributed by atoms with Crippen molar-refractivity contribution >= 4 is 11.4 Å². The number of hydrogen-bond donors (Lipinski definition) is 1. The van der Waals surface area contributed by atoms with E-state index in [0.29, 0.717) is 0 Å². The molecular weight excluding hydrogens is 242 g/mol. The van der Waals surface area contributed by atoms with E-state index in [4.69, 9.17) is 0 Å². The van der Waals surface area contributed by atoms with Gasteiger partial charge in [0.15, 0.2) is 0 Å². The maximum Gasteiger partial charge on any atom is 0.0384 e. The molecule has 2 aromatic carbocycles. The lowest BCUT2D eigenvalue weighted by molar-refractivity contribution is 1.33. The maximum atomic E-state index is 4.10. The van der Waals surface area contributed by atoms with Crippen LogP contribution in [-0.2, 0) is 0 Å². The standard InChI is InChI=1S/C17H19N.C2H6/c1-12-5-9-17(10-6-12)18-15(4)16-8-7-13(2)14(3)11-16;1-2/h5-11,18H,4H2,1-3H3;1-2H3. The molecule has 0 radical (unpaired) electrons. The van der Waals surface area contributed by atoms with Crippen LogP contribution in [-0.4, -0.2) is 0 Å². The zero-order valence-electron chi connectivity index (χ0n) is 13.2. The molecule has 0 unspecified atom stereocenters. The minimum atomic E-state index is 0.932. The molecule has 0 aromatic heterocycles. The molecule has 0 aliphatic heterocycles. The average Bonchev–Trinajstić information content (AvgIpc) is 2.46. The van der Waals surface area contributed by atoms with Gasteiger partial charge in [-0.2, -0.15) is 0 Å². The van der Waals surface area contributed by atoms with Crippen molar-refractivity contribution in [1.29, 1.82) is 0 Å². The van der Waals surface area contributed by atoms with Crippen LogP contribution in [0.15, 0.2) is 49.0 Å². The number of hydrogen-bond acceptors (Lipinski definition) is 1. The Morgan fingerprint density at radius 1 is 0.850 bits per heavy atom. The first-order chi connectivity index (χ1) is 9.56. The molecule has 0 aliphatic rings. The van der Waals surface area contributed by atoms with Gasteiger partial charge in [0.2, 0.25) is 0 Å². The summed E-state index contributed by atoms with van der Waals surface area (Å²) in [5.74, 6) is 0. The highest BCUT2D eigenvalue weighted by Crippen LogP contribution is 2.19. The van der Waals surface area contributed by atoms with Crippen molar-refractivity contribution in [3.63, 3.8) is 0 Å². The van der Waals surface area contributed by atoms with Crippen molar-refractivity contribution < 1.29 is 0 Å². The van der Waals surface area contributed by atoms with E-state index in [1.165, 1.54) is 16.7 Å². The van der Waals surface area contributed by atoms with Gasteiger partial charge in [-0.1, -0.05) is 50.3 Å². The van der Waals surface area contributed by atoms with Crippen molar-refractivity contribution in [2.24, 2.45) is 0 Å². The molecule has 106 valence electrons. The summed E-state index contributed by atoms with van der Waals surface area (Å²) >= 11 is 0. The van der Waals surface area contributed by atoms with Gasteiger partial charge < -0.3 is 5.32 Å². The molecule has 1 heteroatoms. The number of nitrogens with one attached hydrogen (secondary N) is 1. The van der Waals surface area contributed by atoms with Crippen molar-refractivity contribution in [2.75, 3.05) is 5.32 Å². The molecule has 1 nitrogen and oxygen atoms in total. The Balaban J connectivity index is 0.000000956. The average molecular weight is 267 g/mol. The first kappa shape index (κ1) is 16.0. The lowest BCUT2D eigenvalue weighted by atomic mass is 10.0. The molecule has 0 saturated heterocycles. The second-order valence-corrected chi connectivity index (χ2v) is 4.77. The van der Waals surface area contributed by atoms with Gasteiger partial charge in [0, 0.05) is 11.4 Å². The third-order valence-electron chi connectivity index (χ3n) is 3.20. The van der Waals surface area contributed by atoms with Gasteiger partial charge in [0.05, 0.1) is 0 Å². The highest BCUT2D eigenvalue weighted by atomic mass is 14.9. The van der Waals surface area contributed by atoms with Crippen molar-refractivity contribution in [3.05, 3.63) is 71.3 Å². The second kappa shape index (κ2) is 7.54. The van der Waals surface area contributed by atoms with Crippen molar-refractivity contribution in [3.8, 4) is 0 Å². The van der Waals surface area contributed by atoms with Crippen LogP contribution in [0.3, 0.4) is 0 Å². The summed E-state index contributed by atoms with van der Waals surface area (Å²) in [7, 11) is 0. The summed E-state index contributed by atoms with van der Waals surface area (Å²) in [6.07, 6.45) is 0. The minimum absolute atomic E-state index is 0.932. The molecule has 20 heavy (non-hydrogen) atoms. The van der Waals surface area contributed by atoms with E-state index in [1.807, 2.05) is 13.8 Å².